The molecule has 2 aliphatic heterocycles. The first-order chi connectivity index (χ1) is 27.2. The van der Waals surface area contributed by atoms with Crippen molar-refractivity contribution in [3.05, 3.63) is 94.9 Å². The molecular formula is C43H53N9O4. The zero-order valence-corrected chi connectivity index (χ0v) is 33.0. The molecular weight excluding hydrogens is 707 g/mol. The first kappa shape index (κ1) is 37.7. The van der Waals surface area contributed by atoms with Gasteiger partial charge in [0.05, 0.1) is 36.7 Å². The van der Waals surface area contributed by atoms with Crippen molar-refractivity contribution < 1.29 is 19.0 Å². The van der Waals surface area contributed by atoms with Crippen molar-refractivity contribution in [2.45, 2.75) is 65.5 Å². The molecule has 8 rings (SSSR count). The number of morpholine rings is 1. The molecule has 294 valence electrons. The molecule has 1 aliphatic carbocycles. The van der Waals surface area contributed by atoms with Gasteiger partial charge in [0.2, 0.25) is 0 Å². The molecule has 0 radical (unpaired) electrons. The van der Waals surface area contributed by atoms with Crippen molar-refractivity contribution in [3.8, 4) is 28.6 Å². The average molecular weight is 760 g/mol. The maximum absolute atomic E-state index is 13.5. The fourth-order valence-corrected chi connectivity index (χ4v) is 7.68. The molecule has 0 unspecified atom stereocenters. The third-order valence-corrected chi connectivity index (χ3v) is 10.9. The van der Waals surface area contributed by atoms with Crippen LogP contribution in [-0.4, -0.2) is 99.5 Å². The number of para-hydroxylation sites is 1. The lowest BCUT2D eigenvalue weighted by Crippen LogP contribution is -2.38. The Balaban J connectivity index is 0.869. The Morgan fingerprint density at radius 1 is 0.821 bits per heavy atom. The second-order valence-electron chi connectivity index (χ2n) is 15.9. The third kappa shape index (κ3) is 8.45. The molecule has 0 spiro atoms. The molecule has 1 fully saturated rings. The molecule has 3 aliphatic rings. The number of carbonyl (C=O) groups excluding carboxylic acids is 1. The highest BCUT2D eigenvalue weighted by atomic mass is 16.5. The van der Waals surface area contributed by atoms with Crippen molar-refractivity contribution >= 4 is 17.5 Å². The Labute approximate surface area is 328 Å². The summed E-state index contributed by atoms with van der Waals surface area (Å²) < 4.78 is 22.2. The van der Waals surface area contributed by atoms with Crippen LogP contribution in [0.1, 0.15) is 55.4 Å². The first-order valence-electron chi connectivity index (χ1n) is 19.9. The molecule has 2 N–H and O–H groups in total. The summed E-state index contributed by atoms with van der Waals surface area (Å²) in [5.41, 5.74) is 6.88. The molecule has 2 aromatic heterocycles. The fraction of sp³-hybridized carbons (Fsp3) is 0.442. The van der Waals surface area contributed by atoms with E-state index in [1.165, 1.54) is 5.56 Å². The second-order valence-corrected chi connectivity index (χ2v) is 15.9. The van der Waals surface area contributed by atoms with Gasteiger partial charge in [-0.2, -0.15) is 5.10 Å². The summed E-state index contributed by atoms with van der Waals surface area (Å²) in [6.07, 6.45) is 2.84. The second kappa shape index (κ2) is 16.5. The number of urea groups is 1. The number of aryl methyl sites for hydroxylation is 1. The van der Waals surface area contributed by atoms with Gasteiger partial charge in [0, 0.05) is 56.4 Å². The maximum atomic E-state index is 13.5. The number of fused-ring (bicyclic) bond motifs is 2. The van der Waals surface area contributed by atoms with Gasteiger partial charge in [0.1, 0.15) is 36.4 Å². The van der Waals surface area contributed by atoms with Crippen molar-refractivity contribution in [2.24, 2.45) is 0 Å². The molecule has 13 nitrogen and oxygen atoms in total. The summed E-state index contributed by atoms with van der Waals surface area (Å²) in [6, 6.07) is 21.9. The number of carbonyl (C=O) groups is 1. The number of amides is 2. The molecule has 5 aromatic rings. The number of hydrogen-bond donors (Lipinski definition) is 2. The van der Waals surface area contributed by atoms with Crippen LogP contribution in [0, 0.1) is 6.92 Å². The minimum absolute atomic E-state index is 0.178. The van der Waals surface area contributed by atoms with Crippen molar-refractivity contribution in [2.75, 3.05) is 69.8 Å². The average Bonchev–Trinajstić information content (AvgIpc) is 3.96. The molecule has 0 atom stereocenters. The van der Waals surface area contributed by atoms with E-state index in [9.17, 15) is 4.79 Å². The van der Waals surface area contributed by atoms with Gasteiger partial charge in [-0.25, -0.2) is 9.48 Å². The Kier molecular flexibility index (Phi) is 11.1. The SMILES string of the molecule is Cc1ccc(-n2nc(C(C)(C)C)cc2NC(=O)Nc2ccc(OCCN3CCn4c(nnc4-c4ccccc4OCCN4CCOCC4)C3)c3c2CCC3)cc1. The predicted octanol–water partition coefficient (Wildman–Crippen LogP) is 6.48. The van der Waals surface area contributed by atoms with Crippen LogP contribution in [0.15, 0.2) is 66.7 Å². The van der Waals surface area contributed by atoms with E-state index in [-0.39, 0.29) is 11.4 Å². The van der Waals surface area contributed by atoms with E-state index >= 15 is 0 Å². The summed E-state index contributed by atoms with van der Waals surface area (Å²) in [6.45, 7) is 17.0. The molecule has 13 heteroatoms. The van der Waals surface area contributed by atoms with E-state index in [1.54, 1.807) is 4.68 Å². The number of aromatic nitrogens is 5. The molecule has 4 heterocycles. The lowest BCUT2D eigenvalue weighted by Gasteiger charge is -2.28. The fourth-order valence-electron chi connectivity index (χ4n) is 7.68. The van der Waals surface area contributed by atoms with Gasteiger partial charge in [-0.05, 0) is 73.7 Å². The number of nitrogens with zero attached hydrogens (tertiary/aromatic N) is 7. The van der Waals surface area contributed by atoms with Crippen LogP contribution < -0.4 is 20.1 Å². The smallest absolute Gasteiger partial charge is 0.324 e. The highest BCUT2D eigenvalue weighted by Gasteiger charge is 2.26. The molecule has 0 bridgehead atoms. The highest BCUT2D eigenvalue weighted by molar-refractivity contribution is 6.00. The Morgan fingerprint density at radius 2 is 1.57 bits per heavy atom. The zero-order chi connectivity index (χ0) is 38.6. The molecule has 56 heavy (non-hydrogen) atoms. The lowest BCUT2D eigenvalue weighted by atomic mass is 9.92. The molecule has 1 saturated heterocycles. The van der Waals surface area contributed by atoms with E-state index in [0.29, 0.717) is 25.6 Å². The summed E-state index contributed by atoms with van der Waals surface area (Å²) in [7, 11) is 0. The zero-order valence-electron chi connectivity index (χ0n) is 33.0. The lowest BCUT2D eigenvalue weighted by molar-refractivity contribution is 0.0323. The van der Waals surface area contributed by atoms with Gasteiger partial charge < -0.3 is 24.1 Å². The normalized spacial score (nSPS) is 16.0. The monoisotopic (exact) mass is 759 g/mol. The summed E-state index contributed by atoms with van der Waals surface area (Å²) in [5, 5.41) is 20.3. The summed E-state index contributed by atoms with van der Waals surface area (Å²) in [5.74, 6) is 4.14. The van der Waals surface area contributed by atoms with Gasteiger partial charge >= 0.3 is 6.03 Å². The van der Waals surface area contributed by atoms with E-state index in [1.807, 2.05) is 60.7 Å². The van der Waals surface area contributed by atoms with Crippen molar-refractivity contribution in [1.82, 2.24) is 34.3 Å². The van der Waals surface area contributed by atoms with E-state index in [2.05, 4.69) is 69.0 Å². The van der Waals surface area contributed by atoms with E-state index < -0.39 is 0 Å². The molecule has 2 amide bonds. The summed E-state index contributed by atoms with van der Waals surface area (Å²) in [4.78, 5) is 18.2. The quantitative estimate of drug-likeness (QED) is 0.147. The van der Waals surface area contributed by atoms with Gasteiger partial charge in [-0.15, -0.1) is 10.2 Å². The Hall–Kier alpha value is -5.24. The van der Waals surface area contributed by atoms with Crippen molar-refractivity contribution in [3.63, 3.8) is 0 Å². The number of rotatable bonds is 12. The minimum Gasteiger partial charge on any atom is -0.492 e. The van der Waals surface area contributed by atoms with Crippen LogP contribution in [0.3, 0.4) is 0 Å². The number of benzene rings is 3. The minimum atomic E-state index is -0.303. The van der Waals surface area contributed by atoms with Crippen LogP contribution in [0.25, 0.3) is 17.1 Å². The predicted molar refractivity (Wildman–Crippen MR) is 217 cm³/mol. The van der Waals surface area contributed by atoms with Gasteiger partial charge in [-0.3, -0.25) is 15.1 Å². The Morgan fingerprint density at radius 3 is 2.38 bits per heavy atom. The molecule has 3 aromatic carbocycles. The first-order valence-corrected chi connectivity index (χ1v) is 19.9. The van der Waals surface area contributed by atoms with Crippen LogP contribution in [0.4, 0.5) is 16.3 Å². The third-order valence-electron chi connectivity index (χ3n) is 10.9. The highest BCUT2D eigenvalue weighted by Crippen LogP contribution is 2.37. The summed E-state index contributed by atoms with van der Waals surface area (Å²) >= 11 is 0. The van der Waals surface area contributed by atoms with Gasteiger partial charge in [0.25, 0.3) is 0 Å². The van der Waals surface area contributed by atoms with Crippen molar-refractivity contribution in [1.29, 1.82) is 0 Å². The van der Waals surface area contributed by atoms with E-state index in [0.717, 1.165) is 129 Å². The maximum Gasteiger partial charge on any atom is 0.324 e. The largest absolute Gasteiger partial charge is 0.492 e. The van der Waals surface area contributed by atoms with Crippen LogP contribution in [-0.2, 0) is 36.1 Å². The number of hydrogen-bond acceptors (Lipinski definition) is 9. The Bertz CT molecular complexity index is 2150. The van der Waals surface area contributed by atoms with Crippen LogP contribution in [0.2, 0.25) is 0 Å². The van der Waals surface area contributed by atoms with Crippen LogP contribution in [0.5, 0.6) is 11.5 Å². The number of nitrogens with one attached hydrogen (secondary N) is 2. The van der Waals surface area contributed by atoms with Gasteiger partial charge in [0.15, 0.2) is 5.82 Å². The number of ether oxygens (including phenoxy) is 3. The topological polar surface area (TPSA) is 124 Å². The standard InChI is InChI=1S/C43H53N9O4/c1-30-12-14-31(15-13-30)52-39(28-38(48-52)43(2,3)4)45-42(53)44-35-16-17-37(33-10-7-9-32(33)35)56-27-23-50-18-19-51-40(29-50)46-47-41(51)34-8-5-6-11-36(34)55-26-22-49-20-24-54-25-21-49/h5-6,8,11-17,28H,7,9-10,18-27,29H2,1-4H3,(H2,44,45,53). The van der Waals surface area contributed by atoms with Crippen LogP contribution >= 0.6 is 0 Å². The van der Waals surface area contributed by atoms with Gasteiger partial charge in [-0.1, -0.05) is 50.6 Å². The number of anilines is 2. The molecule has 0 saturated carbocycles. The van der Waals surface area contributed by atoms with E-state index in [4.69, 9.17) is 19.3 Å².